The molecule has 0 saturated carbocycles. The average Bonchev–Trinajstić information content (AvgIpc) is 2.27. The third kappa shape index (κ3) is 2.12. The normalized spacial score (nSPS) is 10.9. The lowest BCUT2D eigenvalue weighted by Gasteiger charge is -2.05. The van der Waals surface area contributed by atoms with Crippen LogP contribution < -0.4 is 5.73 Å². The molecule has 0 atom stereocenters. The zero-order valence-corrected chi connectivity index (χ0v) is 9.27. The van der Waals surface area contributed by atoms with E-state index >= 15 is 0 Å². The minimum atomic E-state index is 0.244. The third-order valence-corrected chi connectivity index (χ3v) is 2.52. The number of phenolic OH excluding ortho intramolecular Hbond substituents is 1. The van der Waals surface area contributed by atoms with Crippen molar-refractivity contribution in [3.8, 4) is 5.75 Å². The Balaban J connectivity index is 2.46. The first-order valence-corrected chi connectivity index (χ1v) is 5.37. The monoisotopic (exact) mass is 217 g/mol. The van der Waals surface area contributed by atoms with Gasteiger partial charge in [-0.15, -0.1) is 0 Å². The van der Waals surface area contributed by atoms with Crippen molar-refractivity contribution < 1.29 is 5.11 Å². The second-order valence-electron chi connectivity index (χ2n) is 3.82. The van der Waals surface area contributed by atoms with Crippen LogP contribution in [-0.2, 0) is 6.42 Å². The lowest BCUT2D eigenvalue weighted by Crippen LogP contribution is -2.04. The van der Waals surface area contributed by atoms with E-state index in [9.17, 15) is 5.11 Å². The standard InChI is InChI=1S/C12H15N3O/c1-8-10-7-9(16)4-5-11(10)15-12(14-8)3-2-6-13/h4-5,7,16H,2-3,6,13H2,1H3. The first-order chi connectivity index (χ1) is 7.70. The number of nitrogens with two attached hydrogens (primary N) is 1. The van der Waals surface area contributed by atoms with Gasteiger partial charge in [0.1, 0.15) is 11.6 Å². The van der Waals surface area contributed by atoms with Crippen LogP contribution in [0.4, 0.5) is 0 Å². The zero-order valence-electron chi connectivity index (χ0n) is 9.27. The van der Waals surface area contributed by atoms with Crippen molar-refractivity contribution in [1.82, 2.24) is 9.97 Å². The summed E-state index contributed by atoms with van der Waals surface area (Å²) >= 11 is 0. The first-order valence-electron chi connectivity index (χ1n) is 5.37. The molecule has 0 saturated heterocycles. The van der Waals surface area contributed by atoms with Gasteiger partial charge in [-0.3, -0.25) is 0 Å². The van der Waals surface area contributed by atoms with Gasteiger partial charge in [0.25, 0.3) is 0 Å². The van der Waals surface area contributed by atoms with Crippen molar-refractivity contribution >= 4 is 10.9 Å². The Morgan fingerprint density at radius 1 is 1.31 bits per heavy atom. The molecule has 0 unspecified atom stereocenters. The number of aryl methyl sites for hydroxylation is 2. The van der Waals surface area contributed by atoms with Crippen molar-refractivity contribution in [3.05, 3.63) is 29.7 Å². The highest BCUT2D eigenvalue weighted by Crippen LogP contribution is 2.20. The molecule has 16 heavy (non-hydrogen) atoms. The first kappa shape index (κ1) is 10.8. The van der Waals surface area contributed by atoms with Gasteiger partial charge in [0.15, 0.2) is 0 Å². The van der Waals surface area contributed by atoms with Crippen molar-refractivity contribution in [3.63, 3.8) is 0 Å². The SMILES string of the molecule is Cc1nc(CCCN)nc2ccc(O)cc12. The van der Waals surface area contributed by atoms with Crippen molar-refractivity contribution in [2.24, 2.45) is 5.73 Å². The highest BCUT2D eigenvalue weighted by atomic mass is 16.3. The van der Waals surface area contributed by atoms with Gasteiger partial charge in [-0.05, 0) is 38.1 Å². The van der Waals surface area contributed by atoms with E-state index in [2.05, 4.69) is 9.97 Å². The van der Waals surface area contributed by atoms with Crippen molar-refractivity contribution in [2.75, 3.05) is 6.54 Å². The molecule has 4 heteroatoms. The van der Waals surface area contributed by atoms with Crippen LogP contribution in [0, 0.1) is 6.92 Å². The maximum Gasteiger partial charge on any atom is 0.129 e. The van der Waals surface area contributed by atoms with E-state index in [1.165, 1.54) is 0 Å². The van der Waals surface area contributed by atoms with Gasteiger partial charge < -0.3 is 10.8 Å². The number of benzene rings is 1. The molecule has 1 aromatic heterocycles. The number of aromatic hydroxyl groups is 1. The average molecular weight is 217 g/mol. The molecule has 0 aliphatic heterocycles. The van der Waals surface area contributed by atoms with E-state index in [1.807, 2.05) is 13.0 Å². The molecule has 3 N–H and O–H groups in total. The topological polar surface area (TPSA) is 72.0 Å². The van der Waals surface area contributed by atoms with E-state index < -0.39 is 0 Å². The molecule has 0 aliphatic carbocycles. The summed E-state index contributed by atoms with van der Waals surface area (Å²) in [5.74, 6) is 1.06. The predicted octanol–water partition coefficient (Wildman–Crippen LogP) is 1.54. The number of phenols is 1. The van der Waals surface area contributed by atoms with Crippen LogP contribution in [0.15, 0.2) is 18.2 Å². The fraction of sp³-hybridized carbons (Fsp3) is 0.333. The van der Waals surface area contributed by atoms with Gasteiger partial charge in [-0.1, -0.05) is 0 Å². The summed E-state index contributed by atoms with van der Waals surface area (Å²) in [4.78, 5) is 8.84. The Kier molecular flexibility index (Phi) is 3.01. The summed E-state index contributed by atoms with van der Waals surface area (Å²) in [6.07, 6.45) is 1.69. The minimum absolute atomic E-state index is 0.244. The molecule has 1 aromatic carbocycles. The Morgan fingerprint density at radius 3 is 2.88 bits per heavy atom. The number of nitrogens with zero attached hydrogens (tertiary/aromatic N) is 2. The van der Waals surface area contributed by atoms with Crippen LogP contribution in [0.5, 0.6) is 5.75 Å². The zero-order chi connectivity index (χ0) is 11.5. The number of fused-ring (bicyclic) bond motifs is 1. The molecule has 0 aliphatic rings. The molecule has 2 aromatic rings. The summed E-state index contributed by atoms with van der Waals surface area (Å²) in [5.41, 5.74) is 7.23. The largest absolute Gasteiger partial charge is 0.508 e. The number of aromatic nitrogens is 2. The Bertz CT molecular complexity index is 511. The number of hydrogen-bond donors (Lipinski definition) is 2. The fourth-order valence-corrected chi connectivity index (χ4v) is 1.70. The van der Waals surface area contributed by atoms with E-state index in [1.54, 1.807) is 12.1 Å². The van der Waals surface area contributed by atoms with E-state index in [4.69, 9.17) is 5.73 Å². The summed E-state index contributed by atoms with van der Waals surface area (Å²) in [7, 11) is 0. The van der Waals surface area contributed by atoms with E-state index in [0.29, 0.717) is 6.54 Å². The smallest absolute Gasteiger partial charge is 0.129 e. The maximum atomic E-state index is 9.39. The number of rotatable bonds is 3. The van der Waals surface area contributed by atoms with Crippen molar-refractivity contribution in [2.45, 2.75) is 19.8 Å². The summed E-state index contributed by atoms with van der Waals surface area (Å²) in [6, 6.07) is 5.14. The Hall–Kier alpha value is -1.68. The van der Waals surface area contributed by atoms with Gasteiger partial charge in [0.2, 0.25) is 0 Å². The Morgan fingerprint density at radius 2 is 2.12 bits per heavy atom. The minimum Gasteiger partial charge on any atom is -0.508 e. The van der Waals surface area contributed by atoms with Crippen LogP contribution in [0.2, 0.25) is 0 Å². The lowest BCUT2D eigenvalue weighted by molar-refractivity contribution is 0.476. The van der Waals surface area contributed by atoms with Gasteiger partial charge >= 0.3 is 0 Å². The molecule has 0 spiro atoms. The van der Waals surface area contributed by atoms with Crippen LogP contribution in [0.25, 0.3) is 10.9 Å². The molecule has 2 rings (SSSR count). The second kappa shape index (κ2) is 4.45. The van der Waals surface area contributed by atoms with E-state index in [-0.39, 0.29) is 5.75 Å². The third-order valence-electron chi connectivity index (χ3n) is 2.52. The molecule has 0 bridgehead atoms. The van der Waals surface area contributed by atoms with Crippen LogP contribution in [0.1, 0.15) is 17.9 Å². The van der Waals surface area contributed by atoms with E-state index in [0.717, 1.165) is 35.3 Å². The molecular formula is C12H15N3O. The van der Waals surface area contributed by atoms with Crippen LogP contribution in [0.3, 0.4) is 0 Å². The second-order valence-corrected chi connectivity index (χ2v) is 3.82. The lowest BCUT2D eigenvalue weighted by atomic mass is 10.1. The van der Waals surface area contributed by atoms with Crippen molar-refractivity contribution in [1.29, 1.82) is 0 Å². The Labute approximate surface area is 94.1 Å². The molecule has 0 fully saturated rings. The summed E-state index contributed by atoms with van der Waals surface area (Å²) < 4.78 is 0. The van der Waals surface area contributed by atoms with Gasteiger partial charge in [-0.25, -0.2) is 9.97 Å². The molecule has 0 amide bonds. The van der Waals surface area contributed by atoms with Gasteiger partial charge in [0.05, 0.1) is 5.52 Å². The molecule has 84 valence electrons. The highest BCUT2D eigenvalue weighted by molar-refractivity contribution is 5.82. The molecular weight excluding hydrogens is 202 g/mol. The molecule has 4 nitrogen and oxygen atoms in total. The summed E-state index contributed by atoms with van der Waals surface area (Å²) in [6.45, 7) is 2.57. The van der Waals surface area contributed by atoms with Crippen LogP contribution in [-0.4, -0.2) is 21.6 Å². The number of hydrogen-bond acceptors (Lipinski definition) is 4. The van der Waals surface area contributed by atoms with Gasteiger partial charge in [-0.2, -0.15) is 0 Å². The van der Waals surface area contributed by atoms with Gasteiger partial charge in [0, 0.05) is 17.5 Å². The highest BCUT2D eigenvalue weighted by Gasteiger charge is 2.04. The molecule has 0 radical (unpaired) electrons. The fourth-order valence-electron chi connectivity index (χ4n) is 1.70. The summed E-state index contributed by atoms with van der Waals surface area (Å²) in [5, 5.41) is 10.3. The quantitative estimate of drug-likeness (QED) is 0.818. The molecule has 1 heterocycles. The maximum absolute atomic E-state index is 9.39. The van der Waals surface area contributed by atoms with Crippen LogP contribution >= 0.6 is 0 Å². The predicted molar refractivity (Wildman–Crippen MR) is 63.3 cm³/mol.